The van der Waals surface area contributed by atoms with Gasteiger partial charge < -0.3 is 21.5 Å². The van der Waals surface area contributed by atoms with Gasteiger partial charge in [0, 0.05) is 30.4 Å². The first-order valence-corrected chi connectivity index (χ1v) is 10.1. The van der Waals surface area contributed by atoms with Crippen molar-refractivity contribution in [3.8, 4) is 0 Å². The van der Waals surface area contributed by atoms with E-state index in [1.807, 2.05) is 11.9 Å². The summed E-state index contributed by atoms with van der Waals surface area (Å²) in [5.41, 5.74) is 6.81. The van der Waals surface area contributed by atoms with E-state index < -0.39 is 24.0 Å². The molecule has 0 aliphatic carbocycles. The Morgan fingerprint density at radius 2 is 2.00 bits per heavy atom. The maximum atomic E-state index is 12.3. The number of benzene rings is 1. The summed E-state index contributed by atoms with van der Waals surface area (Å²) in [6.45, 7) is 4.67. The third-order valence-electron chi connectivity index (χ3n) is 5.58. The van der Waals surface area contributed by atoms with Crippen LogP contribution in [-0.2, 0) is 9.59 Å². The molecule has 1 saturated heterocycles. The molecule has 3 rings (SSSR count). The van der Waals surface area contributed by atoms with Gasteiger partial charge in [0.1, 0.15) is 18.2 Å². The van der Waals surface area contributed by atoms with Crippen molar-refractivity contribution in [1.29, 1.82) is 0 Å². The Morgan fingerprint density at radius 1 is 1.32 bits per heavy atom. The van der Waals surface area contributed by atoms with E-state index in [-0.39, 0.29) is 30.0 Å². The van der Waals surface area contributed by atoms with Crippen LogP contribution in [0.2, 0.25) is 0 Å². The lowest BCUT2D eigenvalue weighted by atomic mass is 10.0. The number of aliphatic imine (C=N–C) groups is 1. The number of likely N-dealkylation sites (N-methyl/N-ethyl adjacent to an activating group) is 1. The van der Waals surface area contributed by atoms with Crippen LogP contribution in [0.15, 0.2) is 29.3 Å². The van der Waals surface area contributed by atoms with E-state index in [0.29, 0.717) is 18.7 Å². The Bertz CT molecular complexity index is 871. The van der Waals surface area contributed by atoms with Gasteiger partial charge in [-0.2, -0.15) is 0 Å². The first kappa shape index (κ1) is 22.5. The Hall–Kier alpha value is -3.18. The topological polar surface area (TPSA) is 161 Å². The Kier molecular flexibility index (Phi) is 6.76. The molecular weight excluding hydrogens is 402 g/mol. The highest BCUT2D eigenvalue weighted by Crippen LogP contribution is 2.18. The third kappa shape index (κ3) is 5.12. The van der Waals surface area contributed by atoms with Crippen LogP contribution in [0, 0.1) is 5.92 Å². The molecule has 31 heavy (non-hydrogen) atoms. The lowest BCUT2D eigenvalue weighted by molar-refractivity contribution is -0.140. The van der Waals surface area contributed by atoms with Crippen molar-refractivity contribution in [3.05, 3.63) is 29.8 Å². The Balaban J connectivity index is 1.56. The van der Waals surface area contributed by atoms with E-state index in [9.17, 15) is 19.5 Å². The van der Waals surface area contributed by atoms with Crippen LogP contribution in [-0.4, -0.2) is 78.2 Å². The highest BCUT2D eigenvalue weighted by molar-refractivity contribution is 6.01. The Labute approximate surface area is 180 Å². The molecule has 7 N–H and O–H groups in total. The number of carbonyl (C=O) groups excluding carboxylic acids is 2. The fourth-order valence-corrected chi connectivity index (χ4v) is 3.72. The lowest BCUT2D eigenvalue weighted by Crippen LogP contribution is -2.69. The number of hydrogen-bond acceptors (Lipinski definition) is 8. The summed E-state index contributed by atoms with van der Waals surface area (Å²) in [5.74, 6) is -1.78. The van der Waals surface area contributed by atoms with Gasteiger partial charge in [0.15, 0.2) is 5.96 Å². The van der Waals surface area contributed by atoms with Crippen molar-refractivity contribution in [1.82, 2.24) is 20.9 Å². The number of nitrogens with two attached hydrogens (primary N) is 1. The van der Waals surface area contributed by atoms with E-state index in [0.717, 1.165) is 5.69 Å². The molecule has 0 radical (unpaired) electrons. The van der Waals surface area contributed by atoms with Crippen molar-refractivity contribution < 1.29 is 19.5 Å². The summed E-state index contributed by atoms with van der Waals surface area (Å²) >= 11 is 0. The maximum Gasteiger partial charge on any atom is 0.326 e. The minimum atomic E-state index is -1.06. The average Bonchev–Trinajstić information content (AvgIpc) is 2.70. The zero-order valence-electron chi connectivity index (χ0n) is 17.8. The predicted octanol–water partition coefficient (Wildman–Crippen LogP) is -1.02. The van der Waals surface area contributed by atoms with Gasteiger partial charge in [-0.15, -0.1) is 0 Å². The molecular formula is C20H29N7O4. The molecule has 2 aliphatic heterocycles. The summed E-state index contributed by atoms with van der Waals surface area (Å²) in [7, 11) is 1.88. The summed E-state index contributed by atoms with van der Waals surface area (Å²) in [5, 5.41) is 20.9. The number of carbonyl (C=O) groups is 3. The molecule has 4 atom stereocenters. The number of carboxylic acids is 1. The molecule has 2 aliphatic rings. The second kappa shape index (κ2) is 9.31. The lowest BCUT2D eigenvalue weighted by Gasteiger charge is -2.44. The molecule has 3 unspecified atom stereocenters. The standard InChI is InChI=1S/C20H29N7O4/c1-10(2)14(19(30)31)24-17(28)11-4-6-12(7-5-11)22-8-13-9-23-16-15(27(13)3)18(29)26-20(21)25-16/h4-7,10,13-16,22-23H,8-9H2,1-3H3,(H,24,28)(H,30,31)(H3,21,25,26,29)/t13-,14?,15?,16?/m0/s1. The zero-order chi connectivity index (χ0) is 22.7. The summed E-state index contributed by atoms with van der Waals surface area (Å²) in [4.78, 5) is 42.1. The van der Waals surface area contributed by atoms with E-state index in [1.54, 1.807) is 38.1 Å². The molecule has 0 bridgehead atoms. The highest BCUT2D eigenvalue weighted by atomic mass is 16.4. The van der Waals surface area contributed by atoms with Crippen molar-refractivity contribution in [2.75, 3.05) is 25.5 Å². The monoisotopic (exact) mass is 431 g/mol. The van der Waals surface area contributed by atoms with Crippen LogP contribution in [0.4, 0.5) is 5.69 Å². The maximum absolute atomic E-state index is 12.3. The number of nitrogens with zero attached hydrogens (tertiary/aromatic N) is 2. The SMILES string of the molecule is CC(C)C(NC(=O)c1ccc(NC[C@H]2CNC3N=C(N)NC(=O)C3N2C)cc1)C(=O)O. The van der Waals surface area contributed by atoms with Crippen LogP contribution in [0.3, 0.4) is 0 Å². The van der Waals surface area contributed by atoms with E-state index in [4.69, 9.17) is 5.73 Å². The molecule has 1 fully saturated rings. The first-order valence-electron chi connectivity index (χ1n) is 10.1. The van der Waals surface area contributed by atoms with Gasteiger partial charge in [0.05, 0.1) is 0 Å². The average molecular weight is 431 g/mol. The predicted molar refractivity (Wildman–Crippen MR) is 116 cm³/mol. The molecule has 11 heteroatoms. The normalized spacial score (nSPS) is 24.6. The van der Waals surface area contributed by atoms with Crippen molar-refractivity contribution >= 4 is 29.4 Å². The van der Waals surface area contributed by atoms with Gasteiger partial charge in [-0.3, -0.25) is 25.1 Å². The third-order valence-corrected chi connectivity index (χ3v) is 5.58. The number of piperazine rings is 1. The van der Waals surface area contributed by atoms with Crippen LogP contribution < -0.4 is 27.0 Å². The smallest absolute Gasteiger partial charge is 0.326 e. The number of aliphatic carboxylic acids is 1. The number of anilines is 1. The van der Waals surface area contributed by atoms with Crippen LogP contribution in [0.5, 0.6) is 0 Å². The molecule has 0 saturated carbocycles. The number of rotatable bonds is 7. The van der Waals surface area contributed by atoms with Crippen LogP contribution >= 0.6 is 0 Å². The number of amides is 2. The molecule has 2 heterocycles. The fourth-order valence-electron chi connectivity index (χ4n) is 3.72. The van der Waals surface area contributed by atoms with Gasteiger partial charge in [0.2, 0.25) is 5.91 Å². The summed E-state index contributed by atoms with van der Waals surface area (Å²) in [6, 6.07) is 5.45. The minimum Gasteiger partial charge on any atom is -0.480 e. The van der Waals surface area contributed by atoms with Gasteiger partial charge in [-0.25, -0.2) is 9.79 Å². The molecule has 0 aromatic heterocycles. The largest absolute Gasteiger partial charge is 0.480 e. The molecule has 168 valence electrons. The van der Waals surface area contributed by atoms with Gasteiger partial charge in [-0.05, 0) is 37.2 Å². The van der Waals surface area contributed by atoms with Gasteiger partial charge in [-0.1, -0.05) is 13.8 Å². The van der Waals surface area contributed by atoms with E-state index in [2.05, 4.69) is 26.3 Å². The number of guanidine groups is 1. The van der Waals surface area contributed by atoms with E-state index in [1.165, 1.54) is 0 Å². The molecule has 2 amide bonds. The quantitative estimate of drug-likeness (QED) is 0.320. The van der Waals surface area contributed by atoms with Gasteiger partial charge >= 0.3 is 5.97 Å². The fraction of sp³-hybridized carbons (Fsp3) is 0.500. The number of fused-ring (bicyclic) bond motifs is 1. The summed E-state index contributed by atoms with van der Waals surface area (Å²) < 4.78 is 0. The number of hydrogen-bond donors (Lipinski definition) is 6. The molecule has 11 nitrogen and oxygen atoms in total. The number of carboxylic acid groups (broad SMARTS) is 1. The number of nitrogens with one attached hydrogen (secondary N) is 4. The Morgan fingerprint density at radius 3 is 2.61 bits per heavy atom. The van der Waals surface area contributed by atoms with Gasteiger partial charge in [0.25, 0.3) is 5.91 Å². The van der Waals surface area contributed by atoms with Crippen molar-refractivity contribution in [2.45, 2.75) is 38.1 Å². The minimum absolute atomic E-state index is 0.0341. The highest BCUT2D eigenvalue weighted by Gasteiger charge is 2.41. The first-order chi connectivity index (χ1) is 14.7. The molecule has 1 aromatic rings. The molecule has 1 aromatic carbocycles. The van der Waals surface area contributed by atoms with E-state index >= 15 is 0 Å². The zero-order valence-corrected chi connectivity index (χ0v) is 17.8. The summed E-state index contributed by atoms with van der Waals surface area (Å²) in [6.07, 6.45) is -0.367. The second-order valence-corrected chi connectivity index (χ2v) is 8.11. The van der Waals surface area contributed by atoms with Crippen molar-refractivity contribution in [2.24, 2.45) is 16.6 Å². The van der Waals surface area contributed by atoms with Crippen LogP contribution in [0.1, 0.15) is 24.2 Å². The second-order valence-electron chi connectivity index (χ2n) is 8.11. The van der Waals surface area contributed by atoms with Crippen LogP contribution in [0.25, 0.3) is 0 Å². The molecule has 0 spiro atoms. The van der Waals surface area contributed by atoms with Crippen molar-refractivity contribution in [3.63, 3.8) is 0 Å².